The third kappa shape index (κ3) is 4.35. The number of hydrazine groups is 1. The van der Waals surface area contributed by atoms with Crippen molar-refractivity contribution < 1.29 is 13.2 Å². The van der Waals surface area contributed by atoms with Gasteiger partial charge in [0.25, 0.3) is 5.91 Å². The number of rotatable bonds is 6. The van der Waals surface area contributed by atoms with Gasteiger partial charge in [-0.25, -0.2) is 13.6 Å². The second kappa shape index (κ2) is 7.65. The molecule has 0 aromatic heterocycles. The van der Waals surface area contributed by atoms with Crippen molar-refractivity contribution in [2.75, 3.05) is 11.6 Å². The Balaban J connectivity index is 1.83. The summed E-state index contributed by atoms with van der Waals surface area (Å²) < 4.78 is 23.2. The molecular formula is C18H20ClN3O3S. The molecule has 0 radical (unpaired) electrons. The zero-order chi connectivity index (χ0) is 18.7. The minimum Gasteiger partial charge on any atom is -0.285 e. The van der Waals surface area contributed by atoms with E-state index in [2.05, 4.69) is 5.43 Å². The van der Waals surface area contributed by atoms with Crippen LogP contribution in [0.2, 0.25) is 5.02 Å². The number of amides is 1. The number of nitrogens with zero attached hydrogens (tertiary/aromatic N) is 1. The van der Waals surface area contributed by atoms with Gasteiger partial charge in [-0.15, -0.1) is 0 Å². The van der Waals surface area contributed by atoms with Crippen LogP contribution >= 0.6 is 11.6 Å². The third-order valence-corrected chi connectivity index (χ3v) is 5.86. The van der Waals surface area contributed by atoms with Crippen LogP contribution in [0.1, 0.15) is 29.6 Å². The predicted molar refractivity (Wildman–Crippen MR) is 101 cm³/mol. The van der Waals surface area contributed by atoms with Crippen LogP contribution in [0.15, 0.2) is 53.4 Å². The molecule has 0 bridgehead atoms. The first kappa shape index (κ1) is 18.7. The maximum absolute atomic E-state index is 12.7. The van der Waals surface area contributed by atoms with Crippen molar-refractivity contribution in [2.45, 2.75) is 24.2 Å². The Labute approximate surface area is 158 Å². The average Bonchev–Trinajstić information content (AvgIpc) is 2.57. The lowest BCUT2D eigenvalue weighted by molar-refractivity contribution is 0.0945. The number of primary sulfonamides is 1. The first-order valence-corrected chi connectivity index (χ1v) is 10.2. The van der Waals surface area contributed by atoms with Crippen LogP contribution in [0.25, 0.3) is 0 Å². The van der Waals surface area contributed by atoms with E-state index in [-0.39, 0.29) is 15.5 Å². The summed E-state index contributed by atoms with van der Waals surface area (Å²) in [6.07, 6.45) is 3.47. The van der Waals surface area contributed by atoms with E-state index in [1.54, 1.807) is 5.01 Å². The van der Waals surface area contributed by atoms with Crippen LogP contribution < -0.4 is 15.6 Å². The Kier molecular flexibility index (Phi) is 5.50. The molecule has 0 atom stereocenters. The van der Waals surface area contributed by atoms with Crippen molar-refractivity contribution in [3.8, 4) is 0 Å². The Bertz CT molecular complexity index is 899. The standard InChI is InChI=1S/C18H20ClN3O3S/c19-16-10-9-14(11-17(16)26(20,24)25)18(23)21-22(12-13-5-4-6-13)15-7-2-1-3-8-15/h1-3,7-11,13H,4-6,12H2,(H,21,23)(H2,20,24,25). The van der Waals surface area contributed by atoms with Gasteiger partial charge < -0.3 is 0 Å². The normalized spacial score (nSPS) is 14.5. The zero-order valence-electron chi connectivity index (χ0n) is 14.1. The van der Waals surface area contributed by atoms with E-state index in [1.165, 1.54) is 24.6 Å². The van der Waals surface area contributed by atoms with Crippen LogP contribution in [0.5, 0.6) is 0 Å². The highest BCUT2D eigenvalue weighted by atomic mass is 35.5. The van der Waals surface area contributed by atoms with Gasteiger partial charge in [-0.05, 0) is 49.1 Å². The molecule has 1 aliphatic rings. The Morgan fingerprint density at radius 1 is 1.19 bits per heavy atom. The number of benzene rings is 2. The molecule has 8 heteroatoms. The van der Waals surface area contributed by atoms with Crippen LogP contribution in [0.3, 0.4) is 0 Å². The second-order valence-electron chi connectivity index (χ2n) is 6.37. The molecule has 138 valence electrons. The number of carbonyl (C=O) groups is 1. The van der Waals surface area contributed by atoms with Crippen molar-refractivity contribution in [1.29, 1.82) is 0 Å². The molecular weight excluding hydrogens is 374 g/mol. The lowest BCUT2D eigenvalue weighted by atomic mass is 9.85. The first-order valence-electron chi connectivity index (χ1n) is 8.30. The molecule has 1 fully saturated rings. The van der Waals surface area contributed by atoms with Gasteiger partial charge in [-0.3, -0.25) is 15.2 Å². The number of anilines is 1. The monoisotopic (exact) mass is 393 g/mol. The molecule has 1 amide bonds. The minimum absolute atomic E-state index is 0.0153. The van der Waals surface area contributed by atoms with Gasteiger partial charge in [0.15, 0.2) is 0 Å². The number of para-hydroxylation sites is 1. The van der Waals surface area contributed by atoms with Crippen LogP contribution in [-0.2, 0) is 10.0 Å². The highest BCUT2D eigenvalue weighted by molar-refractivity contribution is 7.89. The number of hydrogen-bond acceptors (Lipinski definition) is 4. The maximum atomic E-state index is 12.7. The summed E-state index contributed by atoms with van der Waals surface area (Å²) in [7, 11) is -4.01. The van der Waals surface area contributed by atoms with Gasteiger partial charge in [-0.1, -0.05) is 36.2 Å². The smallest absolute Gasteiger partial charge is 0.269 e. The van der Waals surface area contributed by atoms with Crippen molar-refractivity contribution in [2.24, 2.45) is 11.1 Å². The predicted octanol–water partition coefficient (Wildman–Crippen LogP) is 2.94. The molecule has 3 rings (SSSR count). The molecule has 2 aromatic carbocycles. The number of nitrogens with two attached hydrogens (primary N) is 1. The molecule has 0 unspecified atom stereocenters. The molecule has 6 nitrogen and oxygen atoms in total. The van der Waals surface area contributed by atoms with E-state index in [4.69, 9.17) is 16.7 Å². The summed E-state index contributed by atoms with van der Waals surface area (Å²) >= 11 is 5.88. The summed E-state index contributed by atoms with van der Waals surface area (Å²) in [6.45, 7) is 0.700. The Hall–Kier alpha value is -2.09. The van der Waals surface area contributed by atoms with E-state index in [0.717, 1.165) is 18.5 Å². The number of nitrogens with one attached hydrogen (secondary N) is 1. The molecule has 0 aliphatic heterocycles. The molecule has 3 N–H and O–H groups in total. The van der Waals surface area contributed by atoms with E-state index in [1.807, 2.05) is 30.3 Å². The molecule has 1 aliphatic carbocycles. The summed E-state index contributed by atoms with van der Waals surface area (Å²) in [5.41, 5.74) is 3.91. The number of carbonyl (C=O) groups excluding carboxylic acids is 1. The molecule has 2 aromatic rings. The fourth-order valence-corrected chi connectivity index (χ4v) is 3.88. The van der Waals surface area contributed by atoms with Gasteiger partial charge in [-0.2, -0.15) is 0 Å². The Morgan fingerprint density at radius 2 is 1.88 bits per heavy atom. The zero-order valence-corrected chi connectivity index (χ0v) is 15.6. The van der Waals surface area contributed by atoms with E-state index >= 15 is 0 Å². The second-order valence-corrected chi connectivity index (χ2v) is 8.31. The maximum Gasteiger partial charge on any atom is 0.269 e. The van der Waals surface area contributed by atoms with Gasteiger partial charge in [0, 0.05) is 12.1 Å². The lowest BCUT2D eigenvalue weighted by Crippen LogP contribution is -2.46. The fourth-order valence-electron chi connectivity index (χ4n) is 2.81. The van der Waals surface area contributed by atoms with Crippen LogP contribution in [-0.4, -0.2) is 20.9 Å². The molecule has 26 heavy (non-hydrogen) atoms. The van der Waals surface area contributed by atoms with E-state index in [0.29, 0.717) is 12.5 Å². The van der Waals surface area contributed by atoms with Gasteiger partial charge in [0.05, 0.1) is 10.7 Å². The minimum atomic E-state index is -4.01. The SMILES string of the molecule is NS(=O)(=O)c1cc(C(=O)NN(CC2CCC2)c2ccccc2)ccc1Cl. The fraction of sp³-hybridized carbons (Fsp3) is 0.278. The van der Waals surface area contributed by atoms with Gasteiger partial charge >= 0.3 is 0 Å². The highest BCUT2D eigenvalue weighted by Gasteiger charge is 2.23. The summed E-state index contributed by atoms with van der Waals surface area (Å²) in [4.78, 5) is 12.4. The molecule has 1 saturated carbocycles. The molecule has 0 spiro atoms. The topological polar surface area (TPSA) is 92.5 Å². The van der Waals surface area contributed by atoms with E-state index < -0.39 is 15.9 Å². The largest absolute Gasteiger partial charge is 0.285 e. The first-order chi connectivity index (χ1) is 12.3. The van der Waals surface area contributed by atoms with Crippen LogP contribution in [0.4, 0.5) is 5.69 Å². The lowest BCUT2D eigenvalue weighted by Gasteiger charge is -2.33. The molecule has 0 saturated heterocycles. The number of halogens is 1. The van der Waals surface area contributed by atoms with E-state index in [9.17, 15) is 13.2 Å². The summed E-state index contributed by atoms with van der Waals surface area (Å²) in [6, 6.07) is 13.6. The Morgan fingerprint density at radius 3 is 2.46 bits per heavy atom. The highest BCUT2D eigenvalue weighted by Crippen LogP contribution is 2.28. The van der Waals surface area contributed by atoms with Crippen LogP contribution in [0, 0.1) is 5.92 Å². The van der Waals surface area contributed by atoms with Crippen molar-refractivity contribution >= 4 is 33.2 Å². The molecule has 0 heterocycles. The van der Waals surface area contributed by atoms with Gasteiger partial charge in [0.1, 0.15) is 4.90 Å². The van der Waals surface area contributed by atoms with Gasteiger partial charge in [0.2, 0.25) is 10.0 Å². The summed E-state index contributed by atoms with van der Waals surface area (Å²) in [5, 5.41) is 6.94. The number of sulfonamides is 1. The van der Waals surface area contributed by atoms with Crippen molar-refractivity contribution in [3.63, 3.8) is 0 Å². The quantitative estimate of drug-likeness (QED) is 0.738. The van der Waals surface area contributed by atoms with Crippen molar-refractivity contribution in [1.82, 2.24) is 5.43 Å². The average molecular weight is 394 g/mol. The summed E-state index contributed by atoms with van der Waals surface area (Å²) in [5.74, 6) is 0.107. The third-order valence-electron chi connectivity index (χ3n) is 4.47. The number of hydrogen-bond donors (Lipinski definition) is 2. The van der Waals surface area contributed by atoms with Crippen molar-refractivity contribution in [3.05, 3.63) is 59.1 Å².